The molecule has 0 saturated carbocycles. The van der Waals surface area contributed by atoms with Crippen LogP contribution in [-0.4, -0.2) is 11.9 Å². The lowest BCUT2D eigenvalue weighted by Crippen LogP contribution is -2.39. The SMILES string of the molecule is Cc1ccc(NC(C(N)=O)C(C)C)cc1N. The van der Waals surface area contributed by atoms with Crippen LogP contribution in [0.15, 0.2) is 18.2 Å². The van der Waals surface area contributed by atoms with Gasteiger partial charge in [-0.2, -0.15) is 0 Å². The molecule has 0 radical (unpaired) electrons. The maximum atomic E-state index is 11.2. The quantitative estimate of drug-likeness (QED) is 0.674. The van der Waals surface area contributed by atoms with Crippen LogP contribution in [0.5, 0.6) is 0 Å². The number of carbonyl (C=O) groups is 1. The maximum absolute atomic E-state index is 11.2. The van der Waals surface area contributed by atoms with Crippen LogP contribution in [0, 0.1) is 12.8 Å². The van der Waals surface area contributed by atoms with Gasteiger partial charge in [0.05, 0.1) is 0 Å². The van der Waals surface area contributed by atoms with Crippen LogP contribution in [0.4, 0.5) is 11.4 Å². The second-order valence-electron chi connectivity index (χ2n) is 4.34. The minimum absolute atomic E-state index is 0.139. The second-order valence-corrected chi connectivity index (χ2v) is 4.34. The molecule has 4 heteroatoms. The van der Waals surface area contributed by atoms with E-state index in [4.69, 9.17) is 11.5 Å². The van der Waals surface area contributed by atoms with Crippen LogP contribution in [0.2, 0.25) is 0 Å². The maximum Gasteiger partial charge on any atom is 0.240 e. The molecule has 4 nitrogen and oxygen atoms in total. The molecule has 0 aliphatic rings. The van der Waals surface area contributed by atoms with Gasteiger partial charge in [0.1, 0.15) is 6.04 Å². The summed E-state index contributed by atoms with van der Waals surface area (Å²) in [4.78, 5) is 11.2. The van der Waals surface area contributed by atoms with Gasteiger partial charge in [0, 0.05) is 11.4 Å². The van der Waals surface area contributed by atoms with Gasteiger partial charge in [-0.15, -0.1) is 0 Å². The molecular weight excluding hydrogens is 202 g/mol. The molecule has 1 aromatic carbocycles. The van der Waals surface area contributed by atoms with Gasteiger partial charge in [-0.3, -0.25) is 4.79 Å². The minimum Gasteiger partial charge on any atom is -0.398 e. The van der Waals surface area contributed by atoms with Crippen molar-refractivity contribution < 1.29 is 4.79 Å². The van der Waals surface area contributed by atoms with Crippen molar-refractivity contribution in [1.82, 2.24) is 0 Å². The van der Waals surface area contributed by atoms with E-state index in [1.54, 1.807) is 0 Å². The lowest BCUT2D eigenvalue weighted by atomic mass is 10.0. The Morgan fingerprint density at radius 1 is 1.38 bits per heavy atom. The number of hydrogen-bond acceptors (Lipinski definition) is 3. The molecule has 1 aromatic rings. The normalized spacial score (nSPS) is 12.5. The molecular formula is C12H19N3O. The van der Waals surface area contributed by atoms with E-state index in [0.717, 1.165) is 11.3 Å². The number of nitrogen functional groups attached to an aromatic ring is 1. The topological polar surface area (TPSA) is 81.1 Å². The summed E-state index contributed by atoms with van der Waals surface area (Å²) in [5, 5.41) is 3.09. The van der Waals surface area contributed by atoms with Gasteiger partial charge >= 0.3 is 0 Å². The van der Waals surface area contributed by atoms with Crippen LogP contribution >= 0.6 is 0 Å². The highest BCUT2D eigenvalue weighted by molar-refractivity contribution is 5.83. The molecule has 0 aliphatic heterocycles. The lowest BCUT2D eigenvalue weighted by molar-refractivity contribution is -0.119. The minimum atomic E-state index is -0.373. The molecule has 16 heavy (non-hydrogen) atoms. The van der Waals surface area contributed by atoms with Gasteiger partial charge in [0.2, 0.25) is 5.91 Å². The molecule has 0 bridgehead atoms. The van der Waals surface area contributed by atoms with Crippen molar-refractivity contribution in [3.05, 3.63) is 23.8 Å². The fourth-order valence-electron chi connectivity index (χ4n) is 1.48. The van der Waals surface area contributed by atoms with Crippen molar-refractivity contribution in [3.8, 4) is 0 Å². The number of benzene rings is 1. The summed E-state index contributed by atoms with van der Waals surface area (Å²) in [5.41, 5.74) is 13.7. The first-order valence-electron chi connectivity index (χ1n) is 5.33. The number of amides is 1. The molecule has 1 rings (SSSR count). The van der Waals surface area contributed by atoms with Crippen molar-refractivity contribution in [2.24, 2.45) is 11.7 Å². The Kier molecular flexibility index (Phi) is 3.77. The molecule has 0 fully saturated rings. The average molecular weight is 221 g/mol. The summed E-state index contributed by atoms with van der Waals surface area (Å²) in [7, 11) is 0. The van der Waals surface area contributed by atoms with E-state index in [9.17, 15) is 4.79 Å². The average Bonchev–Trinajstić information content (AvgIpc) is 2.18. The Labute approximate surface area is 96.0 Å². The third-order valence-corrected chi connectivity index (χ3v) is 2.57. The van der Waals surface area contributed by atoms with Crippen molar-refractivity contribution in [3.63, 3.8) is 0 Å². The molecule has 0 aromatic heterocycles. The third-order valence-electron chi connectivity index (χ3n) is 2.57. The van der Waals surface area contributed by atoms with Gasteiger partial charge < -0.3 is 16.8 Å². The van der Waals surface area contributed by atoms with Gasteiger partial charge in [0.25, 0.3) is 0 Å². The summed E-state index contributed by atoms with van der Waals surface area (Å²) in [5.74, 6) is -0.214. The molecule has 1 unspecified atom stereocenters. The Hall–Kier alpha value is -1.71. The summed E-state index contributed by atoms with van der Waals surface area (Å²) < 4.78 is 0. The predicted octanol–water partition coefficient (Wildman–Crippen LogP) is 1.50. The van der Waals surface area contributed by atoms with Crippen molar-refractivity contribution in [2.45, 2.75) is 26.8 Å². The standard InChI is InChI=1S/C12H19N3O/c1-7(2)11(12(14)16)15-9-5-4-8(3)10(13)6-9/h4-7,11,15H,13H2,1-3H3,(H2,14,16). The number of nitrogens with one attached hydrogen (secondary N) is 1. The molecule has 0 spiro atoms. The Morgan fingerprint density at radius 2 is 2.00 bits per heavy atom. The van der Waals surface area contributed by atoms with E-state index >= 15 is 0 Å². The smallest absolute Gasteiger partial charge is 0.240 e. The Morgan fingerprint density at radius 3 is 2.44 bits per heavy atom. The van der Waals surface area contributed by atoms with Crippen molar-refractivity contribution in [1.29, 1.82) is 0 Å². The molecule has 88 valence electrons. The van der Waals surface area contributed by atoms with Crippen LogP contribution < -0.4 is 16.8 Å². The first-order chi connectivity index (χ1) is 7.41. The summed E-state index contributed by atoms with van der Waals surface area (Å²) in [6.07, 6.45) is 0. The first kappa shape index (κ1) is 12.4. The van der Waals surface area contributed by atoms with E-state index < -0.39 is 0 Å². The monoisotopic (exact) mass is 221 g/mol. The molecule has 5 N–H and O–H groups in total. The molecule has 1 atom stereocenters. The van der Waals surface area contributed by atoms with Gasteiger partial charge in [-0.1, -0.05) is 19.9 Å². The Balaban J connectivity index is 2.86. The fourth-order valence-corrected chi connectivity index (χ4v) is 1.48. The van der Waals surface area contributed by atoms with Crippen LogP contribution in [0.25, 0.3) is 0 Å². The fraction of sp³-hybridized carbons (Fsp3) is 0.417. The Bertz CT molecular complexity index is 388. The third kappa shape index (κ3) is 2.89. The molecule has 0 saturated heterocycles. The van der Waals surface area contributed by atoms with E-state index in [0.29, 0.717) is 5.69 Å². The van der Waals surface area contributed by atoms with E-state index in [2.05, 4.69) is 5.32 Å². The van der Waals surface area contributed by atoms with Crippen molar-refractivity contribution in [2.75, 3.05) is 11.1 Å². The zero-order chi connectivity index (χ0) is 12.3. The van der Waals surface area contributed by atoms with Crippen LogP contribution in [0.3, 0.4) is 0 Å². The van der Waals surface area contributed by atoms with Crippen molar-refractivity contribution >= 4 is 17.3 Å². The van der Waals surface area contributed by atoms with E-state index in [1.807, 2.05) is 39.0 Å². The summed E-state index contributed by atoms with van der Waals surface area (Å²) in [6.45, 7) is 5.83. The zero-order valence-electron chi connectivity index (χ0n) is 9.95. The second kappa shape index (κ2) is 4.88. The van der Waals surface area contributed by atoms with E-state index in [-0.39, 0.29) is 17.9 Å². The van der Waals surface area contributed by atoms with Gasteiger partial charge in [-0.25, -0.2) is 0 Å². The first-order valence-corrected chi connectivity index (χ1v) is 5.33. The molecule has 0 aliphatic carbocycles. The van der Waals surface area contributed by atoms with Gasteiger partial charge in [0.15, 0.2) is 0 Å². The number of carbonyl (C=O) groups excluding carboxylic acids is 1. The highest BCUT2D eigenvalue weighted by atomic mass is 16.1. The van der Waals surface area contributed by atoms with Crippen LogP contribution in [0.1, 0.15) is 19.4 Å². The number of nitrogens with two attached hydrogens (primary N) is 2. The van der Waals surface area contributed by atoms with E-state index in [1.165, 1.54) is 0 Å². The van der Waals surface area contributed by atoms with Gasteiger partial charge in [-0.05, 0) is 30.5 Å². The predicted molar refractivity (Wildman–Crippen MR) is 67.0 cm³/mol. The largest absolute Gasteiger partial charge is 0.398 e. The van der Waals surface area contributed by atoms with Crippen LogP contribution in [-0.2, 0) is 4.79 Å². The summed E-state index contributed by atoms with van der Waals surface area (Å²) in [6, 6.07) is 5.25. The lowest BCUT2D eigenvalue weighted by Gasteiger charge is -2.20. The zero-order valence-corrected chi connectivity index (χ0v) is 9.95. The highest BCUT2D eigenvalue weighted by Gasteiger charge is 2.18. The number of hydrogen-bond donors (Lipinski definition) is 3. The molecule has 1 amide bonds. The molecule has 0 heterocycles. The number of aryl methyl sites for hydroxylation is 1. The highest BCUT2D eigenvalue weighted by Crippen LogP contribution is 2.19. The number of primary amides is 1. The summed E-state index contributed by atoms with van der Waals surface area (Å²) >= 11 is 0. The number of anilines is 2. The number of rotatable bonds is 4.